The fraction of sp³-hybridized carbons (Fsp3) is 0.684. The van der Waals surface area contributed by atoms with E-state index in [0.717, 1.165) is 18.2 Å². The molecule has 41 heavy (non-hydrogen) atoms. The second kappa shape index (κ2) is 11.5. The number of halogens is 15. The second-order valence-corrected chi connectivity index (χ2v) is 10.1. The fourth-order valence-corrected chi connectivity index (χ4v) is 3.87. The molecule has 0 heterocycles. The van der Waals surface area contributed by atoms with Crippen molar-refractivity contribution in [2.45, 2.75) is 68.0 Å². The number of benzene rings is 1. The van der Waals surface area contributed by atoms with Crippen molar-refractivity contribution in [3.63, 3.8) is 0 Å². The average molecular weight is 658 g/mol. The molecular formula is C19H17F15O6S. The first-order valence-corrected chi connectivity index (χ1v) is 11.8. The van der Waals surface area contributed by atoms with Crippen LogP contribution in [-0.2, 0) is 19.6 Å². The van der Waals surface area contributed by atoms with Gasteiger partial charge >= 0.3 is 42.5 Å². The third-order valence-corrected chi connectivity index (χ3v) is 5.85. The molecule has 0 bridgehead atoms. The topological polar surface area (TPSA) is 82.1 Å². The molecule has 240 valence electrons. The van der Waals surface area contributed by atoms with E-state index in [-0.39, 0.29) is 17.9 Å². The molecule has 0 radical (unpaired) electrons. The fourth-order valence-electron chi connectivity index (χ4n) is 2.75. The van der Waals surface area contributed by atoms with E-state index in [9.17, 15) is 78.8 Å². The Kier molecular flexibility index (Phi) is 10.3. The highest BCUT2D eigenvalue weighted by Crippen LogP contribution is 2.56. The molecule has 0 unspecified atom stereocenters. The Morgan fingerprint density at radius 3 is 1.68 bits per heavy atom. The minimum absolute atomic E-state index is 0.235. The lowest BCUT2D eigenvalue weighted by Gasteiger charge is -2.36. The molecule has 0 saturated carbocycles. The summed E-state index contributed by atoms with van der Waals surface area (Å²) in [4.78, 5) is 0. The van der Waals surface area contributed by atoms with Gasteiger partial charge in [0.1, 0.15) is 11.0 Å². The maximum absolute atomic E-state index is 13.8. The van der Waals surface area contributed by atoms with Crippen molar-refractivity contribution in [3.8, 4) is 5.75 Å². The van der Waals surface area contributed by atoms with Crippen LogP contribution >= 0.6 is 0 Å². The summed E-state index contributed by atoms with van der Waals surface area (Å²) in [6.07, 6.45) is -35.7. The highest BCUT2D eigenvalue weighted by molar-refractivity contribution is 7.86. The molecule has 22 heteroatoms. The maximum atomic E-state index is 13.8. The Balaban J connectivity index is 3.14. The van der Waals surface area contributed by atoms with Crippen LogP contribution in [0.25, 0.3) is 0 Å². The van der Waals surface area contributed by atoms with Crippen molar-refractivity contribution >= 4 is 10.1 Å². The summed E-state index contributed by atoms with van der Waals surface area (Å²) in [6, 6.07) is 3.44. The minimum Gasteiger partial charge on any atom is -0.484 e. The zero-order chi connectivity index (χ0) is 32.7. The summed E-state index contributed by atoms with van der Waals surface area (Å²) in [7, 11) is -4.81. The summed E-state index contributed by atoms with van der Waals surface area (Å²) >= 11 is 0. The van der Waals surface area contributed by atoms with Gasteiger partial charge in [0.05, 0.1) is 0 Å². The molecule has 0 aliphatic heterocycles. The van der Waals surface area contributed by atoms with Gasteiger partial charge in [-0.3, -0.25) is 4.55 Å². The largest absolute Gasteiger partial charge is 0.484 e. The highest BCUT2D eigenvalue weighted by Gasteiger charge is 2.85. The zero-order valence-electron chi connectivity index (χ0n) is 19.9. The first-order chi connectivity index (χ1) is 17.9. The van der Waals surface area contributed by atoms with Crippen LogP contribution in [-0.4, -0.2) is 62.0 Å². The Labute approximate surface area is 220 Å². The molecule has 0 spiro atoms. The van der Waals surface area contributed by atoms with Crippen LogP contribution in [0.5, 0.6) is 5.75 Å². The molecule has 1 aromatic rings. The monoisotopic (exact) mass is 658 g/mol. The van der Waals surface area contributed by atoms with Gasteiger partial charge in [-0.05, 0) is 30.0 Å². The first kappa shape index (κ1) is 36.8. The maximum Gasteiger partial charge on any atom is 0.460 e. The Hall–Kier alpha value is -2.20. The van der Waals surface area contributed by atoms with Crippen LogP contribution in [0.3, 0.4) is 0 Å². The van der Waals surface area contributed by atoms with Crippen LogP contribution < -0.4 is 4.74 Å². The van der Waals surface area contributed by atoms with Crippen molar-refractivity contribution in [3.05, 3.63) is 29.8 Å². The lowest BCUT2D eigenvalue weighted by Crippen LogP contribution is -2.64. The molecule has 0 aliphatic carbocycles. The molecule has 1 N–H and O–H groups in total. The standard InChI is InChI=1S/C19H17F15O6S/c1-9(2)6-12(41(35,36)37)10-4-3-5-11(7-10)38-8-13(20,21)39-18(31,32)19(33,34)40-17(29,30)15(24,25)14(22,23)16(26,27)28/h3-5,7,9,12H,6,8H2,1-2H3,(H,35,36,37)/t12-/m1/s1. The molecule has 0 aliphatic rings. The SMILES string of the molecule is CC(C)C[C@H](c1cccc(OCC(F)(F)OC(F)(F)C(F)(F)OC(F)(F)C(F)(F)C(F)(F)C(F)(F)F)c1)S(=O)(=O)O. The van der Waals surface area contributed by atoms with Crippen LogP contribution in [0.1, 0.15) is 31.1 Å². The van der Waals surface area contributed by atoms with Crippen LogP contribution in [0.4, 0.5) is 65.9 Å². The van der Waals surface area contributed by atoms with Crippen molar-refractivity contribution in [1.29, 1.82) is 0 Å². The van der Waals surface area contributed by atoms with E-state index in [1.54, 1.807) is 0 Å². The summed E-state index contributed by atoms with van der Waals surface area (Å²) in [5.74, 6) is -17.0. The molecule has 0 fully saturated rings. The zero-order valence-corrected chi connectivity index (χ0v) is 20.8. The smallest absolute Gasteiger partial charge is 0.460 e. The van der Waals surface area contributed by atoms with E-state index in [1.807, 2.05) is 0 Å². The van der Waals surface area contributed by atoms with Crippen molar-refractivity contribution < 1.29 is 93.0 Å². The molecule has 0 aromatic heterocycles. The highest BCUT2D eigenvalue weighted by atomic mass is 32.2. The van der Waals surface area contributed by atoms with Gasteiger partial charge < -0.3 is 4.74 Å². The molecule has 1 atom stereocenters. The first-order valence-electron chi connectivity index (χ1n) is 10.3. The van der Waals surface area contributed by atoms with Gasteiger partial charge in [-0.1, -0.05) is 26.0 Å². The lowest BCUT2D eigenvalue weighted by atomic mass is 10.0. The Bertz CT molecular complexity index is 1150. The minimum atomic E-state index is -7.97. The third kappa shape index (κ3) is 8.43. The quantitative estimate of drug-likeness (QED) is 0.167. The van der Waals surface area contributed by atoms with Gasteiger partial charge in [-0.25, -0.2) is 9.47 Å². The van der Waals surface area contributed by atoms with Crippen molar-refractivity contribution in [1.82, 2.24) is 0 Å². The third-order valence-electron chi connectivity index (χ3n) is 4.67. The number of alkyl halides is 15. The summed E-state index contributed by atoms with van der Waals surface area (Å²) in [5, 5.41) is -1.66. The summed E-state index contributed by atoms with van der Waals surface area (Å²) < 4.78 is 237. The van der Waals surface area contributed by atoms with E-state index >= 15 is 0 Å². The molecular weight excluding hydrogens is 641 g/mol. The number of hydrogen-bond acceptors (Lipinski definition) is 5. The van der Waals surface area contributed by atoms with Crippen molar-refractivity contribution in [2.75, 3.05) is 6.61 Å². The Morgan fingerprint density at radius 1 is 0.756 bits per heavy atom. The van der Waals surface area contributed by atoms with Gasteiger partial charge in [0.15, 0.2) is 6.61 Å². The Morgan fingerprint density at radius 2 is 1.24 bits per heavy atom. The van der Waals surface area contributed by atoms with Gasteiger partial charge in [0.2, 0.25) is 0 Å². The molecule has 1 rings (SSSR count). The van der Waals surface area contributed by atoms with Gasteiger partial charge in [0, 0.05) is 0 Å². The van der Waals surface area contributed by atoms with Gasteiger partial charge in [-0.15, -0.1) is 0 Å². The van der Waals surface area contributed by atoms with E-state index in [4.69, 9.17) is 0 Å². The predicted octanol–water partition coefficient (Wildman–Crippen LogP) is 7.28. The van der Waals surface area contributed by atoms with E-state index in [0.29, 0.717) is 6.07 Å². The predicted molar refractivity (Wildman–Crippen MR) is 104 cm³/mol. The van der Waals surface area contributed by atoms with Gasteiger partial charge in [-0.2, -0.15) is 74.3 Å². The van der Waals surface area contributed by atoms with Crippen molar-refractivity contribution in [2.24, 2.45) is 5.92 Å². The molecule has 1 aromatic carbocycles. The summed E-state index contributed by atoms with van der Waals surface area (Å²) in [6.45, 7) is 0.533. The molecule has 0 saturated heterocycles. The van der Waals surface area contributed by atoms with Crippen LogP contribution in [0.2, 0.25) is 0 Å². The number of ether oxygens (including phenoxy) is 3. The average Bonchev–Trinajstić information content (AvgIpc) is 2.73. The van der Waals surface area contributed by atoms with Gasteiger partial charge in [0.25, 0.3) is 10.1 Å². The number of hydrogen-bond donors (Lipinski definition) is 1. The van der Waals surface area contributed by atoms with E-state index < -0.39 is 70.2 Å². The van der Waals surface area contributed by atoms with E-state index in [2.05, 4.69) is 9.47 Å². The van der Waals surface area contributed by atoms with E-state index in [1.165, 1.54) is 18.6 Å². The lowest BCUT2D eigenvalue weighted by molar-refractivity contribution is -0.542. The second-order valence-electron chi connectivity index (χ2n) is 8.53. The van der Waals surface area contributed by atoms with Crippen LogP contribution in [0, 0.1) is 5.92 Å². The number of rotatable bonds is 14. The molecule has 0 amide bonds. The summed E-state index contributed by atoms with van der Waals surface area (Å²) in [5.41, 5.74) is -0.299. The molecule has 6 nitrogen and oxygen atoms in total. The normalized spacial score (nSPS) is 15.8. The van der Waals surface area contributed by atoms with Crippen LogP contribution in [0.15, 0.2) is 24.3 Å².